The first-order valence-corrected chi connectivity index (χ1v) is 9.74. The van der Waals surface area contributed by atoms with Crippen molar-refractivity contribution < 1.29 is 0 Å². The quantitative estimate of drug-likeness (QED) is 0.659. The molecule has 4 rings (SSSR count). The molecule has 24 heavy (non-hydrogen) atoms. The number of hydrogen-bond acceptors (Lipinski definition) is 9. The average Bonchev–Trinajstić information content (AvgIpc) is 3.05. The van der Waals surface area contributed by atoms with Gasteiger partial charge in [-0.1, -0.05) is 11.8 Å². The Morgan fingerprint density at radius 2 is 1.83 bits per heavy atom. The molecule has 0 unspecified atom stereocenters. The van der Waals surface area contributed by atoms with Gasteiger partial charge in [-0.15, -0.1) is 11.3 Å². The number of fused-ring (bicyclic) bond motifs is 1. The number of hydrogen-bond donors (Lipinski definition) is 0. The van der Waals surface area contributed by atoms with Gasteiger partial charge in [0.1, 0.15) is 22.7 Å². The molecule has 124 valence electrons. The summed E-state index contributed by atoms with van der Waals surface area (Å²) in [5.41, 5.74) is 0.795. The molecule has 4 heterocycles. The smallest absolute Gasteiger partial charge is 0.176 e. The summed E-state index contributed by atoms with van der Waals surface area (Å²) >= 11 is 3.32. The molecule has 0 atom stereocenters. The predicted octanol–water partition coefficient (Wildman–Crippen LogP) is 2.23. The molecule has 3 aromatic rings. The molecule has 3 aromatic heterocycles. The number of piperazine rings is 1. The van der Waals surface area contributed by atoms with Crippen LogP contribution in [0.4, 0.5) is 11.6 Å². The van der Waals surface area contributed by atoms with Crippen LogP contribution in [0.5, 0.6) is 0 Å². The minimum atomic E-state index is 0.795. The lowest BCUT2D eigenvalue weighted by atomic mass is 10.3. The number of aryl methyl sites for hydroxylation is 1. The van der Waals surface area contributed by atoms with E-state index in [0.29, 0.717) is 0 Å². The van der Waals surface area contributed by atoms with Crippen LogP contribution < -0.4 is 9.80 Å². The molecule has 0 amide bonds. The van der Waals surface area contributed by atoms with Gasteiger partial charge >= 0.3 is 0 Å². The molecule has 1 aliphatic rings. The highest BCUT2D eigenvalue weighted by atomic mass is 32.2. The summed E-state index contributed by atoms with van der Waals surface area (Å²) in [6.45, 7) is 5.56. The zero-order valence-corrected chi connectivity index (χ0v) is 15.1. The van der Waals surface area contributed by atoms with Crippen LogP contribution in [0, 0.1) is 6.92 Å². The maximum absolute atomic E-state index is 4.54. The molecular weight excluding hydrogens is 342 g/mol. The third-order valence-corrected chi connectivity index (χ3v) is 6.02. The van der Waals surface area contributed by atoms with Gasteiger partial charge in [-0.2, -0.15) is 0 Å². The number of rotatable bonds is 3. The SMILES string of the molecule is CSc1nc2ncnc(N3CCN(c4ccnc(C)n4)CC3)c2s1. The molecule has 0 N–H and O–H groups in total. The fourth-order valence-corrected chi connectivity index (χ4v) is 4.33. The summed E-state index contributed by atoms with van der Waals surface area (Å²) in [6, 6.07) is 1.97. The Morgan fingerprint density at radius 3 is 2.58 bits per heavy atom. The molecule has 7 nitrogen and oxygen atoms in total. The van der Waals surface area contributed by atoms with Crippen LogP contribution in [-0.4, -0.2) is 57.4 Å². The van der Waals surface area contributed by atoms with Gasteiger partial charge in [-0.3, -0.25) is 0 Å². The van der Waals surface area contributed by atoms with Crippen molar-refractivity contribution in [3.8, 4) is 0 Å². The highest BCUT2D eigenvalue weighted by Gasteiger charge is 2.22. The van der Waals surface area contributed by atoms with Gasteiger partial charge in [0.25, 0.3) is 0 Å². The summed E-state index contributed by atoms with van der Waals surface area (Å²) in [5, 5.41) is 0. The number of thioether (sulfide) groups is 1. The van der Waals surface area contributed by atoms with Crippen LogP contribution in [0.1, 0.15) is 5.82 Å². The number of aromatic nitrogens is 5. The molecule has 0 aromatic carbocycles. The maximum Gasteiger partial charge on any atom is 0.176 e. The third kappa shape index (κ3) is 2.89. The van der Waals surface area contributed by atoms with Gasteiger partial charge < -0.3 is 9.80 Å². The molecule has 0 saturated carbocycles. The van der Waals surface area contributed by atoms with E-state index in [9.17, 15) is 0 Å². The van der Waals surface area contributed by atoms with Crippen molar-refractivity contribution >= 4 is 45.1 Å². The molecule has 0 aliphatic carbocycles. The van der Waals surface area contributed by atoms with Crippen LogP contribution >= 0.6 is 23.1 Å². The molecule has 1 fully saturated rings. The first-order valence-electron chi connectivity index (χ1n) is 7.69. The van der Waals surface area contributed by atoms with Crippen molar-refractivity contribution in [3.63, 3.8) is 0 Å². The van der Waals surface area contributed by atoms with E-state index in [-0.39, 0.29) is 0 Å². The van der Waals surface area contributed by atoms with Crippen molar-refractivity contribution in [2.45, 2.75) is 11.3 Å². The lowest BCUT2D eigenvalue weighted by Gasteiger charge is -2.36. The van der Waals surface area contributed by atoms with Gasteiger partial charge in [0, 0.05) is 32.4 Å². The van der Waals surface area contributed by atoms with Crippen molar-refractivity contribution in [3.05, 3.63) is 24.4 Å². The van der Waals surface area contributed by atoms with E-state index < -0.39 is 0 Å². The van der Waals surface area contributed by atoms with Crippen molar-refractivity contribution in [1.29, 1.82) is 0 Å². The molecule has 0 spiro atoms. The van der Waals surface area contributed by atoms with E-state index in [1.165, 1.54) is 0 Å². The second-order valence-electron chi connectivity index (χ2n) is 5.47. The Hall–Kier alpha value is -2.00. The van der Waals surface area contributed by atoms with E-state index in [4.69, 9.17) is 0 Å². The van der Waals surface area contributed by atoms with Crippen molar-refractivity contribution in [2.75, 3.05) is 42.2 Å². The van der Waals surface area contributed by atoms with Crippen LogP contribution in [-0.2, 0) is 0 Å². The largest absolute Gasteiger partial charge is 0.353 e. The first-order chi connectivity index (χ1) is 11.7. The Morgan fingerprint density at radius 1 is 1.04 bits per heavy atom. The van der Waals surface area contributed by atoms with Crippen LogP contribution in [0.15, 0.2) is 22.9 Å². The second-order valence-corrected chi connectivity index (χ2v) is 7.52. The van der Waals surface area contributed by atoms with Gasteiger partial charge in [0.15, 0.2) is 15.8 Å². The number of anilines is 2. The topological polar surface area (TPSA) is 70.9 Å². The number of nitrogens with zero attached hydrogens (tertiary/aromatic N) is 7. The molecule has 0 bridgehead atoms. The summed E-state index contributed by atoms with van der Waals surface area (Å²) in [4.78, 5) is 26.7. The van der Waals surface area contributed by atoms with E-state index in [2.05, 4.69) is 34.7 Å². The molecule has 1 aliphatic heterocycles. The summed E-state index contributed by atoms with van der Waals surface area (Å²) < 4.78 is 2.11. The highest BCUT2D eigenvalue weighted by molar-refractivity contribution is 8.00. The molecule has 0 radical (unpaired) electrons. The zero-order valence-electron chi connectivity index (χ0n) is 13.5. The van der Waals surface area contributed by atoms with Gasteiger partial charge in [0.2, 0.25) is 0 Å². The molecule has 1 saturated heterocycles. The minimum Gasteiger partial charge on any atom is -0.353 e. The van der Waals surface area contributed by atoms with E-state index >= 15 is 0 Å². The Balaban J connectivity index is 1.55. The summed E-state index contributed by atoms with van der Waals surface area (Å²) in [7, 11) is 0. The highest BCUT2D eigenvalue weighted by Crippen LogP contribution is 2.33. The standard InChI is InChI=1S/C15H17N7S2/c1-10-16-4-3-11(19-10)21-5-7-22(8-6-21)14-12-13(17-9-18-14)20-15(23-2)24-12/h3-4,9H,5-8H2,1-2H3. The van der Waals surface area contributed by atoms with Crippen LogP contribution in [0.2, 0.25) is 0 Å². The molecule has 9 heteroatoms. The van der Waals surface area contributed by atoms with Gasteiger partial charge in [-0.25, -0.2) is 24.9 Å². The summed E-state index contributed by atoms with van der Waals surface area (Å²) in [5.74, 6) is 2.80. The van der Waals surface area contributed by atoms with E-state index in [0.717, 1.165) is 58.3 Å². The Labute approximate surface area is 148 Å². The maximum atomic E-state index is 4.54. The molecular formula is C15H17N7S2. The average molecular weight is 359 g/mol. The predicted molar refractivity (Wildman–Crippen MR) is 98.2 cm³/mol. The monoisotopic (exact) mass is 359 g/mol. The lowest BCUT2D eigenvalue weighted by Crippen LogP contribution is -2.47. The van der Waals surface area contributed by atoms with Crippen LogP contribution in [0.3, 0.4) is 0 Å². The van der Waals surface area contributed by atoms with Gasteiger partial charge in [-0.05, 0) is 19.2 Å². The lowest BCUT2D eigenvalue weighted by molar-refractivity contribution is 0.641. The van der Waals surface area contributed by atoms with Crippen molar-refractivity contribution in [2.24, 2.45) is 0 Å². The van der Waals surface area contributed by atoms with E-state index in [1.807, 2.05) is 25.4 Å². The normalized spacial score (nSPS) is 15.2. The Kier molecular flexibility index (Phi) is 4.19. The zero-order chi connectivity index (χ0) is 16.5. The fraction of sp³-hybridized carbons (Fsp3) is 0.400. The second kappa shape index (κ2) is 6.48. The van der Waals surface area contributed by atoms with Crippen molar-refractivity contribution in [1.82, 2.24) is 24.9 Å². The number of thiazole rings is 1. The fourth-order valence-electron chi connectivity index (χ4n) is 2.80. The Bertz CT molecular complexity index is 858. The van der Waals surface area contributed by atoms with Gasteiger partial charge in [0.05, 0.1) is 0 Å². The third-order valence-electron chi connectivity index (χ3n) is 3.99. The minimum absolute atomic E-state index is 0.795. The van der Waals surface area contributed by atoms with Crippen LogP contribution in [0.25, 0.3) is 10.3 Å². The summed E-state index contributed by atoms with van der Waals surface area (Å²) in [6.07, 6.45) is 5.47. The first kappa shape index (κ1) is 15.5. The van der Waals surface area contributed by atoms with E-state index in [1.54, 1.807) is 29.4 Å².